The predicted octanol–water partition coefficient (Wildman–Crippen LogP) is 1.43. The second-order valence-corrected chi connectivity index (χ2v) is 7.96. The number of likely N-dealkylation sites (N-methyl/N-ethyl adjacent to an activating group) is 1. The molecular weight excluding hydrogens is 340 g/mol. The molecule has 0 atom stereocenters. The second kappa shape index (κ2) is 9.53. The van der Waals surface area contributed by atoms with Gasteiger partial charge < -0.3 is 25.2 Å². The first-order valence-electron chi connectivity index (χ1n) is 10.2. The van der Waals surface area contributed by atoms with Gasteiger partial charge in [-0.15, -0.1) is 0 Å². The number of rotatable bonds is 6. The third kappa shape index (κ3) is 5.43. The van der Waals surface area contributed by atoms with Crippen LogP contribution in [0.3, 0.4) is 0 Å². The van der Waals surface area contributed by atoms with Crippen molar-refractivity contribution in [2.24, 2.45) is 11.7 Å². The quantitative estimate of drug-likeness (QED) is 0.816. The van der Waals surface area contributed by atoms with Gasteiger partial charge in [-0.25, -0.2) is 0 Å². The minimum absolute atomic E-state index is 0.116. The van der Waals surface area contributed by atoms with E-state index in [2.05, 4.69) is 16.8 Å². The third-order valence-corrected chi connectivity index (χ3v) is 5.82. The van der Waals surface area contributed by atoms with E-state index in [1.165, 1.54) is 32.7 Å². The van der Waals surface area contributed by atoms with Crippen molar-refractivity contribution in [3.8, 4) is 5.75 Å². The summed E-state index contributed by atoms with van der Waals surface area (Å²) in [5.74, 6) is 1.58. The highest BCUT2D eigenvalue weighted by molar-refractivity contribution is 5.94. The second-order valence-electron chi connectivity index (χ2n) is 7.96. The van der Waals surface area contributed by atoms with E-state index < -0.39 is 0 Å². The number of amides is 1. The summed E-state index contributed by atoms with van der Waals surface area (Å²) in [4.78, 5) is 19.9. The summed E-state index contributed by atoms with van der Waals surface area (Å²) < 4.78 is 5.67. The largest absolute Gasteiger partial charge is 0.492 e. The van der Waals surface area contributed by atoms with Crippen LogP contribution >= 0.6 is 0 Å². The van der Waals surface area contributed by atoms with Crippen molar-refractivity contribution in [3.63, 3.8) is 0 Å². The van der Waals surface area contributed by atoms with Gasteiger partial charge in [-0.2, -0.15) is 0 Å². The molecule has 0 saturated carbocycles. The summed E-state index contributed by atoms with van der Waals surface area (Å²) in [5, 5.41) is 0. The number of carbonyl (C=O) groups is 1. The summed E-state index contributed by atoms with van der Waals surface area (Å²) in [6.07, 6.45) is 2.20. The number of piperidine rings is 1. The zero-order chi connectivity index (χ0) is 19.2. The molecule has 27 heavy (non-hydrogen) atoms. The monoisotopic (exact) mass is 374 g/mol. The van der Waals surface area contributed by atoms with Gasteiger partial charge in [0.1, 0.15) is 12.4 Å². The number of benzene rings is 1. The lowest BCUT2D eigenvalue weighted by Crippen LogP contribution is -2.48. The molecule has 2 fully saturated rings. The maximum Gasteiger partial charge on any atom is 0.253 e. The first kappa shape index (κ1) is 20.1. The van der Waals surface area contributed by atoms with E-state index in [0.29, 0.717) is 24.6 Å². The Morgan fingerprint density at radius 2 is 1.85 bits per heavy atom. The van der Waals surface area contributed by atoms with Gasteiger partial charge in [-0.05, 0) is 50.4 Å². The van der Waals surface area contributed by atoms with E-state index >= 15 is 0 Å². The Morgan fingerprint density at radius 1 is 1.15 bits per heavy atom. The van der Waals surface area contributed by atoms with Crippen LogP contribution in [-0.2, 0) is 0 Å². The molecule has 0 unspecified atom stereocenters. The predicted molar refractivity (Wildman–Crippen MR) is 108 cm³/mol. The highest BCUT2D eigenvalue weighted by Gasteiger charge is 2.26. The molecular formula is C21H34N4O2. The molecule has 2 aliphatic heterocycles. The van der Waals surface area contributed by atoms with Crippen molar-refractivity contribution in [1.82, 2.24) is 14.7 Å². The van der Waals surface area contributed by atoms with Crippen LogP contribution in [0.5, 0.6) is 5.75 Å². The first-order chi connectivity index (χ1) is 13.1. The van der Waals surface area contributed by atoms with Gasteiger partial charge in [0.2, 0.25) is 0 Å². The minimum atomic E-state index is 0.116. The topological polar surface area (TPSA) is 62.0 Å². The lowest BCUT2D eigenvalue weighted by atomic mass is 9.95. The van der Waals surface area contributed by atoms with Gasteiger partial charge in [0.15, 0.2) is 0 Å². The fourth-order valence-corrected chi connectivity index (χ4v) is 3.95. The van der Waals surface area contributed by atoms with Gasteiger partial charge in [0, 0.05) is 57.9 Å². The zero-order valence-electron chi connectivity index (χ0n) is 16.8. The summed E-state index contributed by atoms with van der Waals surface area (Å²) in [5.41, 5.74) is 7.27. The molecule has 1 aromatic carbocycles. The normalized spacial score (nSPS) is 20.0. The van der Waals surface area contributed by atoms with E-state index in [1.807, 2.05) is 30.0 Å². The van der Waals surface area contributed by atoms with Gasteiger partial charge in [0.05, 0.1) is 0 Å². The van der Waals surface area contributed by atoms with Gasteiger partial charge in [-0.3, -0.25) is 4.79 Å². The molecule has 2 heterocycles. The molecule has 2 aliphatic rings. The lowest BCUT2D eigenvalue weighted by molar-refractivity contribution is 0.0643. The first-order valence-corrected chi connectivity index (χ1v) is 10.2. The zero-order valence-corrected chi connectivity index (χ0v) is 16.8. The standard InChI is InChI=1S/C21H34N4O2/c1-17-3-4-19(15-20(17)27-14-7-22)21(26)25-8-5-18(6-9-25)16-24-12-10-23(2)11-13-24/h3-4,15,18H,5-14,16,22H2,1-2H3. The maximum absolute atomic E-state index is 12.9. The van der Waals surface area contributed by atoms with E-state index in [0.717, 1.165) is 37.2 Å². The Labute approximate surface area is 163 Å². The van der Waals surface area contributed by atoms with Crippen molar-refractivity contribution in [2.45, 2.75) is 19.8 Å². The van der Waals surface area contributed by atoms with Crippen molar-refractivity contribution in [2.75, 3.05) is 66.0 Å². The van der Waals surface area contributed by atoms with Gasteiger partial charge in [0.25, 0.3) is 5.91 Å². The maximum atomic E-state index is 12.9. The van der Waals surface area contributed by atoms with Crippen LogP contribution in [0.2, 0.25) is 0 Å². The number of piperazine rings is 1. The van der Waals surface area contributed by atoms with Gasteiger partial charge >= 0.3 is 0 Å². The van der Waals surface area contributed by atoms with E-state index in [9.17, 15) is 4.79 Å². The van der Waals surface area contributed by atoms with Crippen LogP contribution in [-0.4, -0.2) is 86.6 Å². The molecule has 0 aliphatic carbocycles. The van der Waals surface area contributed by atoms with E-state index in [-0.39, 0.29) is 5.91 Å². The Hall–Kier alpha value is -1.63. The van der Waals surface area contributed by atoms with Crippen LogP contribution in [0, 0.1) is 12.8 Å². The molecule has 1 amide bonds. The summed E-state index contributed by atoms with van der Waals surface area (Å²) in [6.45, 7) is 10.5. The smallest absolute Gasteiger partial charge is 0.253 e. The highest BCUT2D eigenvalue weighted by atomic mass is 16.5. The highest BCUT2D eigenvalue weighted by Crippen LogP contribution is 2.24. The van der Waals surface area contributed by atoms with Gasteiger partial charge in [-0.1, -0.05) is 6.07 Å². The summed E-state index contributed by atoms with van der Waals surface area (Å²) in [7, 11) is 2.19. The molecule has 2 saturated heterocycles. The summed E-state index contributed by atoms with van der Waals surface area (Å²) >= 11 is 0. The molecule has 0 aromatic heterocycles. The van der Waals surface area contributed by atoms with E-state index in [4.69, 9.17) is 10.5 Å². The molecule has 0 spiro atoms. The molecule has 2 N–H and O–H groups in total. The Bertz CT molecular complexity index is 621. The Kier molecular flexibility index (Phi) is 7.10. The number of aryl methyl sites for hydroxylation is 1. The van der Waals surface area contributed by atoms with Crippen molar-refractivity contribution >= 4 is 5.91 Å². The minimum Gasteiger partial charge on any atom is -0.492 e. The van der Waals surface area contributed by atoms with Crippen LogP contribution < -0.4 is 10.5 Å². The lowest BCUT2D eigenvalue weighted by Gasteiger charge is -2.38. The molecule has 6 heteroatoms. The van der Waals surface area contributed by atoms with Crippen LogP contribution in [0.25, 0.3) is 0 Å². The summed E-state index contributed by atoms with van der Waals surface area (Å²) in [6, 6.07) is 5.73. The number of ether oxygens (including phenoxy) is 1. The SMILES string of the molecule is Cc1ccc(C(=O)N2CCC(CN3CCN(C)CC3)CC2)cc1OCCN. The average molecular weight is 375 g/mol. The average Bonchev–Trinajstić information content (AvgIpc) is 2.69. The third-order valence-electron chi connectivity index (χ3n) is 5.82. The molecule has 6 nitrogen and oxygen atoms in total. The molecule has 0 bridgehead atoms. The van der Waals surface area contributed by atoms with Crippen LogP contribution in [0.4, 0.5) is 0 Å². The fourth-order valence-electron chi connectivity index (χ4n) is 3.95. The van der Waals surface area contributed by atoms with Crippen molar-refractivity contribution < 1.29 is 9.53 Å². The number of nitrogens with two attached hydrogens (primary N) is 1. The molecule has 3 rings (SSSR count). The van der Waals surface area contributed by atoms with E-state index in [1.54, 1.807) is 0 Å². The number of hydrogen-bond acceptors (Lipinski definition) is 5. The van der Waals surface area contributed by atoms with Crippen molar-refractivity contribution in [1.29, 1.82) is 0 Å². The molecule has 0 radical (unpaired) electrons. The number of nitrogens with zero attached hydrogens (tertiary/aromatic N) is 3. The van der Waals surface area contributed by atoms with Crippen LogP contribution in [0.1, 0.15) is 28.8 Å². The van der Waals surface area contributed by atoms with Crippen LogP contribution in [0.15, 0.2) is 18.2 Å². The Balaban J connectivity index is 1.51. The molecule has 1 aromatic rings. The Morgan fingerprint density at radius 3 is 2.52 bits per heavy atom. The molecule has 150 valence electrons. The number of likely N-dealkylation sites (tertiary alicyclic amines) is 1. The fraction of sp³-hybridized carbons (Fsp3) is 0.667. The van der Waals surface area contributed by atoms with Crippen molar-refractivity contribution in [3.05, 3.63) is 29.3 Å². The number of hydrogen-bond donors (Lipinski definition) is 1. The number of carbonyl (C=O) groups excluding carboxylic acids is 1.